The summed E-state index contributed by atoms with van der Waals surface area (Å²) in [5, 5.41) is 12.1. The van der Waals surface area contributed by atoms with Gasteiger partial charge in [0.1, 0.15) is 6.07 Å². The quantitative estimate of drug-likeness (QED) is 0.703. The molecule has 2 fully saturated rings. The number of carbonyl (C=O) groups is 1. The van der Waals surface area contributed by atoms with E-state index < -0.39 is 0 Å². The van der Waals surface area contributed by atoms with Crippen molar-refractivity contribution in [3.05, 3.63) is 53.9 Å². The van der Waals surface area contributed by atoms with Crippen LogP contribution in [0.4, 0.5) is 5.95 Å². The van der Waals surface area contributed by atoms with Crippen LogP contribution in [0.25, 0.3) is 0 Å². The standard InChI is InChI=1S/C26H34N6O/c1-20-18-32(26-29-16-23(15-27)17-30-26)14-10-24(20)25(33)28-11-7-21-8-12-31(13-9-21)19-22-5-3-2-4-6-22/h2-6,16-17,20-21,24H,7-14,18-19H2,1H3,(H,28,33)/t20-,24+/m0/s1. The number of piperidine rings is 2. The second-order valence-electron chi connectivity index (χ2n) is 9.49. The number of nitrogens with zero attached hydrogens (tertiary/aromatic N) is 5. The lowest BCUT2D eigenvalue weighted by Crippen LogP contribution is -2.46. The monoisotopic (exact) mass is 446 g/mol. The number of benzene rings is 1. The van der Waals surface area contributed by atoms with E-state index in [0.717, 1.165) is 52.1 Å². The molecule has 2 saturated heterocycles. The van der Waals surface area contributed by atoms with E-state index in [0.29, 0.717) is 17.4 Å². The maximum absolute atomic E-state index is 12.8. The second kappa shape index (κ2) is 11.2. The largest absolute Gasteiger partial charge is 0.356 e. The minimum atomic E-state index is 0.0346. The van der Waals surface area contributed by atoms with E-state index in [1.165, 1.54) is 18.4 Å². The summed E-state index contributed by atoms with van der Waals surface area (Å²) in [6.07, 6.45) is 7.39. The van der Waals surface area contributed by atoms with Gasteiger partial charge in [0, 0.05) is 32.1 Å². The molecule has 4 rings (SSSR count). The van der Waals surface area contributed by atoms with Gasteiger partial charge in [-0.15, -0.1) is 0 Å². The number of anilines is 1. The van der Waals surface area contributed by atoms with Gasteiger partial charge < -0.3 is 10.2 Å². The lowest BCUT2D eigenvalue weighted by atomic mass is 9.86. The first kappa shape index (κ1) is 23.2. The van der Waals surface area contributed by atoms with Gasteiger partial charge in [-0.25, -0.2) is 9.97 Å². The van der Waals surface area contributed by atoms with Crippen LogP contribution in [0.1, 0.15) is 43.7 Å². The Kier molecular flexibility index (Phi) is 7.90. The maximum atomic E-state index is 12.8. The first-order valence-corrected chi connectivity index (χ1v) is 12.1. The van der Waals surface area contributed by atoms with E-state index in [9.17, 15) is 4.79 Å². The molecule has 0 unspecified atom stereocenters. The van der Waals surface area contributed by atoms with Gasteiger partial charge in [0.2, 0.25) is 11.9 Å². The van der Waals surface area contributed by atoms with Crippen molar-refractivity contribution in [2.75, 3.05) is 37.6 Å². The Morgan fingerprint density at radius 2 is 1.85 bits per heavy atom. The molecule has 7 nitrogen and oxygen atoms in total. The molecular formula is C26H34N6O. The zero-order valence-electron chi connectivity index (χ0n) is 19.5. The molecule has 2 atom stereocenters. The van der Waals surface area contributed by atoms with Crippen LogP contribution >= 0.6 is 0 Å². The molecule has 7 heteroatoms. The van der Waals surface area contributed by atoms with Crippen molar-refractivity contribution in [3.63, 3.8) is 0 Å². The molecule has 2 aromatic rings. The SMILES string of the molecule is C[C@H]1CN(c2ncc(C#N)cn2)CC[C@H]1C(=O)NCCC1CCN(Cc2ccccc2)CC1. The van der Waals surface area contributed by atoms with Crippen LogP contribution in [-0.4, -0.2) is 53.5 Å². The van der Waals surface area contributed by atoms with Gasteiger partial charge in [-0.05, 0) is 56.2 Å². The summed E-state index contributed by atoms with van der Waals surface area (Å²) in [6, 6.07) is 12.7. The minimum absolute atomic E-state index is 0.0346. The molecule has 1 N–H and O–H groups in total. The lowest BCUT2D eigenvalue weighted by Gasteiger charge is -2.36. The van der Waals surface area contributed by atoms with E-state index in [-0.39, 0.29) is 17.7 Å². The molecule has 0 spiro atoms. The molecule has 1 aromatic carbocycles. The van der Waals surface area contributed by atoms with E-state index in [4.69, 9.17) is 5.26 Å². The van der Waals surface area contributed by atoms with Crippen molar-refractivity contribution >= 4 is 11.9 Å². The summed E-state index contributed by atoms with van der Waals surface area (Å²) >= 11 is 0. The Balaban J connectivity index is 1.15. The topological polar surface area (TPSA) is 85.1 Å². The number of hydrogen-bond acceptors (Lipinski definition) is 6. The minimum Gasteiger partial charge on any atom is -0.356 e. The van der Waals surface area contributed by atoms with Crippen LogP contribution < -0.4 is 10.2 Å². The number of nitriles is 1. The predicted molar refractivity (Wildman–Crippen MR) is 128 cm³/mol. The van der Waals surface area contributed by atoms with Crippen molar-refractivity contribution in [2.24, 2.45) is 17.8 Å². The molecular weight excluding hydrogens is 412 g/mol. The van der Waals surface area contributed by atoms with Gasteiger partial charge >= 0.3 is 0 Å². The van der Waals surface area contributed by atoms with Crippen molar-refractivity contribution < 1.29 is 4.79 Å². The number of nitrogens with one attached hydrogen (secondary N) is 1. The van der Waals surface area contributed by atoms with E-state index in [1.54, 1.807) is 12.4 Å². The van der Waals surface area contributed by atoms with Crippen LogP contribution in [0, 0.1) is 29.1 Å². The Morgan fingerprint density at radius 3 is 2.52 bits per heavy atom. The second-order valence-corrected chi connectivity index (χ2v) is 9.49. The van der Waals surface area contributed by atoms with E-state index >= 15 is 0 Å². The average Bonchev–Trinajstić information content (AvgIpc) is 2.85. The lowest BCUT2D eigenvalue weighted by molar-refractivity contribution is -0.127. The van der Waals surface area contributed by atoms with Gasteiger partial charge in [-0.2, -0.15) is 5.26 Å². The number of amides is 1. The number of likely N-dealkylation sites (tertiary alicyclic amines) is 1. The molecule has 2 aliphatic rings. The van der Waals surface area contributed by atoms with Crippen LogP contribution in [0.3, 0.4) is 0 Å². The van der Waals surface area contributed by atoms with E-state index in [1.807, 2.05) is 6.07 Å². The normalized spacial score (nSPS) is 22.0. The number of hydrogen-bond donors (Lipinski definition) is 1. The van der Waals surface area contributed by atoms with E-state index in [2.05, 4.69) is 62.3 Å². The summed E-state index contributed by atoms with van der Waals surface area (Å²) in [7, 11) is 0. The fourth-order valence-electron chi connectivity index (χ4n) is 5.06. The highest BCUT2D eigenvalue weighted by Crippen LogP contribution is 2.26. The molecule has 33 heavy (non-hydrogen) atoms. The Hall–Kier alpha value is -2.98. The highest BCUT2D eigenvalue weighted by molar-refractivity contribution is 5.79. The third kappa shape index (κ3) is 6.29. The number of carbonyl (C=O) groups excluding carboxylic acids is 1. The summed E-state index contributed by atoms with van der Waals surface area (Å²) in [5.74, 6) is 1.79. The Labute approximate surface area is 196 Å². The zero-order valence-corrected chi connectivity index (χ0v) is 19.5. The molecule has 0 bridgehead atoms. The molecule has 0 aliphatic carbocycles. The van der Waals surface area contributed by atoms with Crippen LogP contribution in [0.2, 0.25) is 0 Å². The molecule has 2 aliphatic heterocycles. The molecule has 1 amide bonds. The molecule has 1 aromatic heterocycles. The van der Waals surface area contributed by atoms with Gasteiger partial charge in [0.25, 0.3) is 0 Å². The molecule has 174 valence electrons. The maximum Gasteiger partial charge on any atom is 0.225 e. The third-order valence-electron chi connectivity index (χ3n) is 7.10. The van der Waals surface area contributed by atoms with Crippen molar-refractivity contribution in [3.8, 4) is 6.07 Å². The summed E-state index contributed by atoms with van der Waals surface area (Å²) in [5.41, 5.74) is 1.84. The van der Waals surface area contributed by atoms with Crippen molar-refractivity contribution in [1.82, 2.24) is 20.2 Å². The molecule has 0 saturated carbocycles. The Bertz CT molecular complexity index is 934. The van der Waals surface area contributed by atoms with Gasteiger partial charge in [0.05, 0.1) is 18.0 Å². The highest BCUT2D eigenvalue weighted by Gasteiger charge is 2.32. The smallest absolute Gasteiger partial charge is 0.225 e. The fraction of sp³-hybridized carbons (Fsp3) is 0.538. The summed E-state index contributed by atoms with van der Waals surface area (Å²) in [4.78, 5) is 26.1. The van der Waals surface area contributed by atoms with Crippen molar-refractivity contribution in [1.29, 1.82) is 5.26 Å². The first-order chi connectivity index (χ1) is 16.1. The molecule has 3 heterocycles. The van der Waals surface area contributed by atoms with Crippen LogP contribution in [-0.2, 0) is 11.3 Å². The van der Waals surface area contributed by atoms with Gasteiger partial charge in [-0.1, -0.05) is 37.3 Å². The summed E-state index contributed by atoms with van der Waals surface area (Å²) in [6.45, 7) is 7.73. The van der Waals surface area contributed by atoms with Crippen LogP contribution in [0.15, 0.2) is 42.7 Å². The van der Waals surface area contributed by atoms with Gasteiger partial charge in [-0.3, -0.25) is 9.69 Å². The third-order valence-corrected chi connectivity index (χ3v) is 7.10. The summed E-state index contributed by atoms with van der Waals surface area (Å²) < 4.78 is 0. The average molecular weight is 447 g/mol. The Morgan fingerprint density at radius 1 is 1.12 bits per heavy atom. The van der Waals surface area contributed by atoms with Crippen LogP contribution in [0.5, 0.6) is 0 Å². The fourth-order valence-corrected chi connectivity index (χ4v) is 5.06. The van der Waals surface area contributed by atoms with Gasteiger partial charge in [0.15, 0.2) is 0 Å². The molecule has 0 radical (unpaired) electrons. The van der Waals surface area contributed by atoms with Crippen molar-refractivity contribution in [2.45, 2.75) is 39.2 Å². The first-order valence-electron chi connectivity index (χ1n) is 12.1. The predicted octanol–water partition coefficient (Wildman–Crippen LogP) is 3.23. The number of rotatable bonds is 7. The highest BCUT2D eigenvalue weighted by atomic mass is 16.1. The number of aromatic nitrogens is 2. The zero-order chi connectivity index (χ0) is 23.0.